The van der Waals surface area contributed by atoms with Crippen molar-refractivity contribution in [2.75, 3.05) is 0 Å². The largest absolute Gasteiger partial charge is 0.366 e. The molecule has 0 spiro atoms. The maximum absolute atomic E-state index is 10.6. The highest BCUT2D eigenvalue weighted by Gasteiger charge is 2.04. The molecule has 3 heteroatoms. The highest BCUT2D eigenvalue weighted by atomic mass is 16.1. The zero-order valence-electron chi connectivity index (χ0n) is 5.42. The molecule has 0 aliphatic heterocycles. The minimum absolute atomic E-state index is 0.434. The first-order chi connectivity index (χ1) is 4.75. The summed E-state index contributed by atoms with van der Waals surface area (Å²) >= 11 is 0. The molecule has 0 fully saturated rings. The lowest BCUT2D eigenvalue weighted by Gasteiger charge is -1.89. The second kappa shape index (κ2) is 2.39. The van der Waals surface area contributed by atoms with E-state index in [0.29, 0.717) is 5.56 Å². The van der Waals surface area contributed by atoms with E-state index >= 15 is 0 Å². The molecular formula is C7H8N2O. The van der Waals surface area contributed by atoms with Crippen LogP contribution >= 0.6 is 0 Å². The predicted molar refractivity (Wildman–Crippen MR) is 39.4 cm³/mol. The van der Waals surface area contributed by atoms with Gasteiger partial charge in [-0.2, -0.15) is 0 Å². The molecule has 0 saturated heterocycles. The normalized spacial score (nSPS) is 9.20. The molecule has 1 heterocycles. The van der Waals surface area contributed by atoms with E-state index < -0.39 is 5.91 Å². The van der Waals surface area contributed by atoms with Crippen molar-refractivity contribution in [1.82, 2.24) is 4.98 Å². The molecule has 3 N–H and O–H groups in total. The number of rotatable bonds is 2. The molecule has 0 unspecified atom stereocenters. The Morgan fingerprint density at radius 3 is 2.80 bits per heavy atom. The van der Waals surface area contributed by atoms with E-state index in [1.165, 1.54) is 0 Å². The zero-order valence-corrected chi connectivity index (χ0v) is 5.42. The van der Waals surface area contributed by atoms with Crippen LogP contribution in [0.4, 0.5) is 0 Å². The number of primary amides is 1. The Hall–Kier alpha value is -1.51. The Morgan fingerprint density at radius 2 is 2.40 bits per heavy atom. The smallest absolute Gasteiger partial charge is 0.250 e. The number of nitrogens with one attached hydrogen (secondary N) is 1. The fraction of sp³-hybridized carbons (Fsp3) is 0. The Morgan fingerprint density at radius 1 is 1.70 bits per heavy atom. The van der Waals surface area contributed by atoms with Crippen molar-refractivity contribution >= 4 is 12.0 Å². The molecule has 52 valence electrons. The third-order valence-corrected chi connectivity index (χ3v) is 1.26. The number of carbonyl (C=O) groups excluding carboxylic acids is 1. The van der Waals surface area contributed by atoms with Crippen LogP contribution in [0, 0.1) is 0 Å². The summed E-state index contributed by atoms with van der Waals surface area (Å²) in [5.74, 6) is -0.434. The minimum atomic E-state index is -0.434. The highest BCUT2D eigenvalue weighted by Crippen LogP contribution is 2.07. The molecular weight excluding hydrogens is 128 g/mol. The Balaban J connectivity index is 3.13. The number of aromatic nitrogens is 1. The van der Waals surface area contributed by atoms with Crippen molar-refractivity contribution < 1.29 is 4.79 Å². The second-order valence-electron chi connectivity index (χ2n) is 1.89. The summed E-state index contributed by atoms with van der Waals surface area (Å²) in [6, 6.07) is 0. The van der Waals surface area contributed by atoms with E-state index in [-0.39, 0.29) is 0 Å². The van der Waals surface area contributed by atoms with Gasteiger partial charge in [0.2, 0.25) is 0 Å². The van der Waals surface area contributed by atoms with Crippen LogP contribution in [-0.2, 0) is 0 Å². The Labute approximate surface area is 58.5 Å². The molecule has 0 aliphatic carbocycles. The van der Waals surface area contributed by atoms with Gasteiger partial charge >= 0.3 is 0 Å². The first-order valence-corrected chi connectivity index (χ1v) is 2.84. The lowest BCUT2D eigenvalue weighted by Crippen LogP contribution is -2.10. The standard InChI is InChI=1S/C7H8N2O/c1-2-5-3-9-4-6(5)7(8)10/h2-4,9H,1H2,(H2,8,10). The molecule has 1 amide bonds. The fourth-order valence-electron chi connectivity index (χ4n) is 0.758. The van der Waals surface area contributed by atoms with Crippen LogP contribution in [0.5, 0.6) is 0 Å². The van der Waals surface area contributed by atoms with Gasteiger partial charge in [0.1, 0.15) is 0 Å². The topological polar surface area (TPSA) is 58.9 Å². The van der Waals surface area contributed by atoms with E-state index in [0.717, 1.165) is 5.56 Å². The molecule has 0 atom stereocenters. The lowest BCUT2D eigenvalue weighted by atomic mass is 10.2. The van der Waals surface area contributed by atoms with Gasteiger partial charge in [-0.1, -0.05) is 12.7 Å². The number of nitrogens with two attached hydrogens (primary N) is 1. The maximum atomic E-state index is 10.6. The first-order valence-electron chi connectivity index (χ1n) is 2.84. The van der Waals surface area contributed by atoms with Crippen LogP contribution < -0.4 is 5.73 Å². The molecule has 0 aromatic carbocycles. The van der Waals surface area contributed by atoms with Gasteiger partial charge in [-0.25, -0.2) is 0 Å². The van der Waals surface area contributed by atoms with Crippen molar-refractivity contribution in [2.45, 2.75) is 0 Å². The van der Waals surface area contributed by atoms with Gasteiger partial charge in [-0.3, -0.25) is 4.79 Å². The third kappa shape index (κ3) is 0.932. The molecule has 1 aromatic rings. The van der Waals surface area contributed by atoms with Crippen LogP contribution in [0.25, 0.3) is 6.08 Å². The lowest BCUT2D eigenvalue weighted by molar-refractivity contribution is 0.100. The van der Waals surface area contributed by atoms with Gasteiger partial charge in [0.25, 0.3) is 5.91 Å². The average molecular weight is 136 g/mol. The quantitative estimate of drug-likeness (QED) is 0.619. The molecule has 0 radical (unpaired) electrons. The van der Waals surface area contributed by atoms with Crippen LogP contribution in [0.1, 0.15) is 15.9 Å². The number of aromatic amines is 1. The van der Waals surface area contributed by atoms with Crippen molar-refractivity contribution in [3.05, 3.63) is 30.1 Å². The van der Waals surface area contributed by atoms with Crippen LogP contribution in [-0.4, -0.2) is 10.9 Å². The molecule has 0 bridgehead atoms. The molecule has 1 rings (SSSR count). The van der Waals surface area contributed by atoms with Crippen molar-refractivity contribution in [1.29, 1.82) is 0 Å². The second-order valence-corrected chi connectivity index (χ2v) is 1.89. The number of amides is 1. The Kier molecular flexibility index (Phi) is 1.58. The van der Waals surface area contributed by atoms with Crippen LogP contribution in [0.15, 0.2) is 19.0 Å². The van der Waals surface area contributed by atoms with Crippen molar-refractivity contribution in [3.8, 4) is 0 Å². The third-order valence-electron chi connectivity index (χ3n) is 1.26. The first kappa shape index (κ1) is 6.61. The number of hydrogen-bond donors (Lipinski definition) is 2. The molecule has 0 saturated carbocycles. The van der Waals surface area contributed by atoms with Gasteiger partial charge in [-0.15, -0.1) is 0 Å². The van der Waals surface area contributed by atoms with E-state index in [1.54, 1.807) is 18.5 Å². The van der Waals surface area contributed by atoms with Gasteiger partial charge in [-0.05, 0) is 0 Å². The molecule has 1 aromatic heterocycles. The zero-order chi connectivity index (χ0) is 7.56. The van der Waals surface area contributed by atoms with E-state index in [9.17, 15) is 4.79 Å². The van der Waals surface area contributed by atoms with Gasteiger partial charge in [0.05, 0.1) is 5.56 Å². The predicted octanol–water partition coefficient (Wildman–Crippen LogP) is 0.757. The van der Waals surface area contributed by atoms with Crippen LogP contribution in [0.2, 0.25) is 0 Å². The number of H-pyrrole nitrogens is 1. The monoisotopic (exact) mass is 136 g/mol. The van der Waals surface area contributed by atoms with Crippen molar-refractivity contribution in [2.24, 2.45) is 5.73 Å². The maximum Gasteiger partial charge on any atom is 0.250 e. The van der Waals surface area contributed by atoms with Crippen molar-refractivity contribution in [3.63, 3.8) is 0 Å². The summed E-state index contributed by atoms with van der Waals surface area (Å²) in [5, 5.41) is 0. The molecule has 0 aliphatic rings. The number of hydrogen-bond acceptors (Lipinski definition) is 1. The van der Waals surface area contributed by atoms with Gasteiger partial charge in [0, 0.05) is 18.0 Å². The summed E-state index contributed by atoms with van der Waals surface area (Å²) in [6.07, 6.45) is 4.81. The Bertz CT molecular complexity index is 262. The summed E-state index contributed by atoms with van der Waals surface area (Å²) < 4.78 is 0. The van der Waals surface area contributed by atoms with Gasteiger partial charge < -0.3 is 10.7 Å². The minimum Gasteiger partial charge on any atom is -0.366 e. The SMILES string of the molecule is C=Cc1c[nH]cc1C(N)=O. The summed E-state index contributed by atoms with van der Waals surface area (Å²) in [6.45, 7) is 3.52. The van der Waals surface area contributed by atoms with E-state index in [2.05, 4.69) is 11.6 Å². The summed E-state index contributed by atoms with van der Waals surface area (Å²) in [5.41, 5.74) is 6.25. The highest BCUT2D eigenvalue weighted by molar-refractivity contribution is 5.96. The van der Waals surface area contributed by atoms with Gasteiger partial charge in [0.15, 0.2) is 0 Å². The fourth-order valence-corrected chi connectivity index (χ4v) is 0.758. The molecule has 3 nitrogen and oxygen atoms in total. The summed E-state index contributed by atoms with van der Waals surface area (Å²) in [7, 11) is 0. The average Bonchev–Trinajstić information content (AvgIpc) is 2.33. The number of carbonyl (C=O) groups is 1. The molecule has 10 heavy (non-hydrogen) atoms. The van der Waals surface area contributed by atoms with Crippen LogP contribution in [0.3, 0.4) is 0 Å². The van der Waals surface area contributed by atoms with E-state index in [4.69, 9.17) is 5.73 Å². The summed E-state index contributed by atoms with van der Waals surface area (Å²) in [4.78, 5) is 13.4. The van der Waals surface area contributed by atoms with E-state index in [1.807, 2.05) is 0 Å².